The van der Waals surface area contributed by atoms with Crippen LogP contribution in [0.25, 0.3) is 0 Å². The van der Waals surface area contributed by atoms with Gasteiger partial charge in [0, 0.05) is 11.8 Å². The lowest BCUT2D eigenvalue weighted by Gasteiger charge is -2.34. The van der Waals surface area contributed by atoms with Crippen LogP contribution in [-0.2, 0) is 29.2 Å². The fourth-order valence-corrected chi connectivity index (χ4v) is 4.66. The van der Waals surface area contributed by atoms with E-state index in [-0.39, 0.29) is 29.6 Å². The highest BCUT2D eigenvalue weighted by atomic mass is 32.2. The highest BCUT2D eigenvalue weighted by molar-refractivity contribution is 7.87. The Morgan fingerprint density at radius 2 is 2.00 bits per heavy atom. The van der Waals surface area contributed by atoms with Gasteiger partial charge in [-0.2, -0.15) is 17.2 Å². The van der Waals surface area contributed by atoms with Crippen LogP contribution in [0.1, 0.15) is 6.42 Å². The molecule has 1 N–H and O–H groups in total. The van der Waals surface area contributed by atoms with E-state index in [2.05, 4.69) is 4.74 Å². The second-order valence-electron chi connectivity index (χ2n) is 6.01. The topological polar surface area (TPSA) is 107 Å². The van der Waals surface area contributed by atoms with Gasteiger partial charge in [0.25, 0.3) is 0 Å². The SMILES string of the molecule is O=C1OC2C3CC4C(C2OC(=O)C(F)(F)S(=O)(=O)O)C4C13. The fraction of sp³-hybridized carbons (Fsp3) is 0.818. The van der Waals surface area contributed by atoms with Crippen molar-refractivity contribution >= 4 is 22.1 Å². The molecule has 6 bridgehead atoms. The van der Waals surface area contributed by atoms with E-state index in [1.165, 1.54) is 0 Å². The van der Waals surface area contributed by atoms with Gasteiger partial charge < -0.3 is 9.47 Å². The van der Waals surface area contributed by atoms with Crippen molar-refractivity contribution in [2.45, 2.75) is 23.9 Å². The molecule has 0 aromatic rings. The van der Waals surface area contributed by atoms with Gasteiger partial charge in [-0.25, -0.2) is 4.79 Å². The number of halogens is 2. The number of hydrogen-bond acceptors (Lipinski definition) is 6. The first-order valence-corrected chi connectivity index (χ1v) is 7.85. The summed E-state index contributed by atoms with van der Waals surface area (Å²) in [6, 6.07) is 0. The van der Waals surface area contributed by atoms with E-state index in [0.29, 0.717) is 0 Å². The van der Waals surface area contributed by atoms with E-state index in [9.17, 15) is 26.8 Å². The van der Waals surface area contributed by atoms with Crippen LogP contribution in [0.3, 0.4) is 0 Å². The van der Waals surface area contributed by atoms with E-state index >= 15 is 0 Å². The van der Waals surface area contributed by atoms with E-state index in [1.807, 2.05) is 0 Å². The van der Waals surface area contributed by atoms with E-state index in [4.69, 9.17) is 9.29 Å². The van der Waals surface area contributed by atoms with Crippen LogP contribution in [0.2, 0.25) is 0 Å². The first kappa shape index (κ1) is 13.4. The maximum Gasteiger partial charge on any atom is 0.465 e. The van der Waals surface area contributed by atoms with E-state index < -0.39 is 39.5 Å². The molecule has 10 heteroatoms. The molecule has 1 heterocycles. The second kappa shape index (κ2) is 3.54. The second-order valence-corrected chi connectivity index (χ2v) is 7.47. The third-order valence-electron chi connectivity index (χ3n) is 5.17. The van der Waals surface area contributed by atoms with Gasteiger partial charge in [0.05, 0.1) is 5.92 Å². The maximum atomic E-state index is 13.2. The quantitative estimate of drug-likeness (QED) is 0.566. The van der Waals surface area contributed by atoms with Gasteiger partial charge in [-0.15, -0.1) is 0 Å². The summed E-state index contributed by atoms with van der Waals surface area (Å²) in [5.41, 5.74) is 0. The average molecular weight is 324 g/mol. The minimum absolute atomic E-state index is 0.0293. The Hall–Kier alpha value is -1.29. The molecule has 4 aliphatic carbocycles. The van der Waals surface area contributed by atoms with Gasteiger partial charge in [-0.3, -0.25) is 9.35 Å². The van der Waals surface area contributed by atoms with Crippen molar-refractivity contribution in [3.05, 3.63) is 0 Å². The van der Waals surface area contributed by atoms with Crippen molar-refractivity contribution in [1.82, 2.24) is 0 Å². The summed E-state index contributed by atoms with van der Waals surface area (Å²) in [5, 5.41) is -5.03. The first-order valence-electron chi connectivity index (χ1n) is 6.41. The lowest BCUT2D eigenvalue weighted by molar-refractivity contribution is -0.181. The number of carbonyl (C=O) groups excluding carboxylic acids is 2. The highest BCUT2D eigenvalue weighted by Gasteiger charge is 2.78. The zero-order valence-electron chi connectivity index (χ0n) is 10.3. The fourth-order valence-electron chi connectivity index (χ4n) is 4.40. The summed E-state index contributed by atoms with van der Waals surface area (Å²) in [6.07, 6.45) is -1.11. The molecule has 0 aromatic carbocycles. The average Bonchev–Trinajstić information content (AvgIpc) is 2.83. The first-order chi connectivity index (χ1) is 9.64. The number of esters is 2. The summed E-state index contributed by atoms with van der Waals surface area (Å²) in [6.45, 7) is 0. The summed E-state index contributed by atoms with van der Waals surface area (Å²) < 4.78 is 65.6. The smallest absolute Gasteiger partial charge is 0.458 e. The number of ether oxygens (including phenoxy) is 2. The molecule has 5 rings (SSSR count). The molecule has 0 spiro atoms. The van der Waals surface area contributed by atoms with E-state index in [0.717, 1.165) is 6.42 Å². The van der Waals surface area contributed by atoms with Crippen molar-refractivity contribution in [2.24, 2.45) is 29.6 Å². The number of rotatable bonds is 3. The molecule has 1 saturated heterocycles. The third kappa shape index (κ3) is 1.47. The molecule has 1 aliphatic heterocycles. The molecular weight excluding hydrogens is 314 g/mol. The van der Waals surface area contributed by atoms with Crippen LogP contribution in [-0.4, -0.2) is 42.4 Å². The highest BCUT2D eigenvalue weighted by Crippen LogP contribution is 2.72. The summed E-state index contributed by atoms with van der Waals surface area (Å²) >= 11 is 0. The standard InChI is InChI=1S/C11H10F2O7S/c12-11(13,21(16,17)18)10(15)20-8-5-2-1-3-6(4(2)5)9(14)19-7(3)8/h2-8H,1H2,(H,16,17,18). The predicted molar refractivity (Wildman–Crippen MR) is 58.3 cm³/mol. The minimum atomic E-state index is -5.90. The maximum absolute atomic E-state index is 13.2. The Kier molecular flexibility index (Phi) is 2.26. The van der Waals surface area contributed by atoms with Crippen LogP contribution in [0, 0.1) is 29.6 Å². The summed E-state index contributed by atoms with van der Waals surface area (Å²) in [4.78, 5) is 23.0. The summed E-state index contributed by atoms with van der Waals surface area (Å²) in [7, 11) is -5.90. The number of carbonyl (C=O) groups is 2. The Morgan fingerprint density at radius 1 is 1.33 bits per heavy atom. The van der Waals surface area contributed by atoms with Crippen LogP contribution >= 0.6 is 0 Å². The Morgan fingerprint density at radius 3 is 2.62 bits per heavy atom. The van der Waals surface area contributed by atoms with Crippen LogP contribution in [0.5, 0.6) is 0 Å². The molecule has 7 unspecified atom stereocenters. The molecule has 21 heavy (non-hydrogen) atoms. The lowest BCUT2D eigenvalue weighted by Crippen LogP contribution is -2.48. The molecule has 0 radical (unpaired) electrons. The van der Waals surface area contributed by atoms with Gasteiger partial charge in [-0.1, -0.05) is 0 Å². The number of alkyl halides is 2. The molecule has 116 valence electrons. The molecule has 0 aromatic heterocycles. The third-order valence-corrected chi connectivity index (χ3v) is 5.98. The van der Waals surface area contributed by atoms with Crippen molar-refractivity contribution < 1.29 is 40.8 Å². The molecule has 4 saturated carbocycles. The zero-order chi connectivity index (χ0) is 15.3. The van der Waals surface area contributed by atoms with Crippen molar-refractivity contribution in [3.8, 4) is 0 Å². The molecule has 5 fully saturated rings. The molecule has 5 aliphatic rings. The van der Waals surface area contributed by atoms with Crippen molar-refractivity contribution in [2.75, 3.05) is 0 Å². The van der Waals surface area contributed by atoms with E-state index in [1.54, 1.807) is 0 Å². The Bertz CT molecular complexity index is 659. The Labute approximate surface area is 117 Å². The normalized spacial score (nSPS) is 46.2. The Balaban J connectivity index is 1.58. The van der Waals surface area contributed by atoms with Crippen LogP contribution in [0.4, 0.5) is 8.78 Å². The van der Waals surface area contributed by atoms with Crippen molar-refractivity contribution in [3.63, 3.8) is 0 Å². The molecule has 7 atom stereocenters. The van der Waals surface area contributed by atoms with Crippen LogP contribution in [0.15, 0.2) is 0 Å². The van der Waals surface area contributed by atoms with Gasteiger partial charge in [0.2, 0.25) is 0 Å². The largest absolute Gasteiger partial charge is 0.465 e. The van der Waals surface area contributed by atoms with Gasteiger partial charge in [0.1, 0.15) is 12.2 Å². The molecule has 0 amide bonds. The minimum Gasteiger partial charge on any atom is -0.458 e. The zero-order valence-corrected chi connectivity index (χ0v) is 11.1. The van der Waals surface area contributed by atoms with Gasteiger partial charge >= 0.3 is 27.3 Å². The van der Waals surface area contributed by atoms with Gasteiger partial charge in [-0.05, 0) is 18.3 Å². The number of hydrogen-bond donors (Lipinski definition) is 1. The lowest BCUT2D eigenvalue weighted by atomic mass is 9.76. The molecule has 7 nitrogen and oxygen atoms in total. The summed E-state index contributed by atoms with van der Waals surface area (Å²) in [5.74, 6) is -3.27. The van der Waals surface area contributed by atoms with Crippen LogP contribution < -0.4 is 0 Å². The monoisotopic (exact) mass is 324 g/mol. The van der Waals surface area contributed by atoms with Gasteiger partial charge in [0.15, 0.2) is 0 Å². The molecular formula is C11H10F2O7S. The van der Waals surface area contributed by atoms with Crippen molar-refractivity contribution in [1.29, 1.82) is 0 Å². The predicted octanol–water partition coefficient (Wildman–Crippen LogP) is -0.184.